The maximum Gasteiger partial charge on any atom is 0.234 e. The van der Waals surface area contributed by atoms with Crippen molar-refractivity contribution >= 4 is 29.6 Å². The molecule has 90 valence electrons. The molecule has 1 aromatic carbocycles. The summed E-state index contributed by atoms with van der Waals surface area (Å²) < 4.78 is 0. The highest BCUT2D eigenvalue weighted by molar-refractivity contribution is 8.00. The number of hydrogen-bond donors (Lipinski definition) is 1. The van der Waals surface area contributed by atoms with Gasteiger partial charge in [-0.2, -0.15) is 0 Å². The molecular formula is C12H14N2O2S. The zero-order valence-electron chi connectivity index (χ0n) is 9.60. The van der Waals surface area contributed by atoms with E-state index < -0.39 is 0 Å². The molecule has 1 aliphatic heterocycles. The van der Waals surface area contributed by atoms with Crippen LogP contribution in [-0.4, -0.2) is 36.4 Å². The number of likely N-dealkylation sites (N-methyl/N-ethyl adjacent to an activating group) is 1. The average molecular weight is 250 g/mol. The molecule has 0 radical (unpaired) electrons. The second-order valence-electron chi connectivity index (χ2n) is 4.03. The molecule has 0 spiro atoms. The summed E-state index contributed by atoms with van der Waals surface area (Å²) in [4.78, 5) is 24.7. The summed E-state index contributed by atoms with van der Waals surface area (Å²) in [5.41, 5.74) is 1.97. The van der Waals surface area contributed by atoms with E-state index >= 15 is 0 Å². The molecule has 0 aromatic heterocycles. The molecule has 0 saturated carbocycles. The van der Waals surface area contributed by atoms with Gasteiger partial charge in [-0.3, -0.25) is 9.69 Å². The van der Waals surface area contributed by atoms with Gasteiger partial charge in [0.05, 0.1) is 18.0 Å². The van der Waals surface area contributed by atoms with Crippen molar-refractivity contribution < 1.29 is 9.59 Å². The molecule has 0 unspecified atom stereocenters. The standard InChI is InChI=1S/C12H14N2O2S/c1-14(4-5-15)7-9-2-3-11-10(6-9)13-12(16)8-17-11/h2-3,5-6H,4,7-8H2,1H3,(H,13,16). The van der Waals surface area contributed by atoms with Crippen molar-refractivity contribution in [2.45, 2.75) is 11.4 Å². The van der Waals surface area contributed by atoms with Crippen LogP contribution in [0.15, 0.2) is 23.1 Å². The molecule has 5 heteroatoms. The van der Waals surface area contributed by atoms with Crippen LogP contribution < -0.4 is 5.32 Å². The molecule has 4 nitrogen and oxygen atoms in total. The van der Waals surface area contributed by atoms with Gasteiger partial charge < -0.3 is 10.1 Å². The number of thioether (sulfide) groups is 1. The Labute approximate surface area is 104 Å². The van der Waals surface area contributed by atoms with E-state index in [-0.39, 0.29) is 5.91 Å². The lowest BCUT2D eigenvalue weighted by molar-refractivity contribution is -0.114. The average Bonchev–Trinajstić information content (AvgIpc) is 2.28. The Hall–Kier alpha value is -1.33. The summed E-state index contributed by atoms with van der Waals surface area (Å²) in [7, 11) is 1.89. The van der Waals surface area contributed by atoms with Gasteiger partial charge in [0.1, 0.15) is 6.29 Å². The molecule has 1 aliphatic rings. The lowest BCUT2D eigenvalue weighted by Crippen LogP contribution is -2.21. The van der Waals surface area contributed by atoms with E-state index in [2.05, 4.69) is 5.32 Å². The summed E-state index contributed by atoms with van der Waals surface area (Å²) in [6.07, 6.45) is 0.885. The minimum absolute atomic E-state index is 0.0425. The number of nitrogens with one attached hydrogen (secondary N) is 1. The second-order valence-corrected chi connectivity index (χ2v) is 5.05. The molecule has 2 rings (SSSR count). The predicted molar refractivity (Wildman–Crippen MR) is 68.2 cm³/mol. The number of rotatable bonds is 4. The van der Waals surface area contributed by atoms with E-state index in [0.717, 1.165) is 22.4 Å². The minimum atomic E-state index is 0.0425. The molecule has 0 saturated heterocycles. The molecule has 1 aromatic rings. The molecule has 0 fully saturated rings. The number of carbonyl (C=O) groups is 2. The van der Waals surface area contributed by atoms with Crippen LogP contribution in [0.5, 0.6) is 0 Å². The SMILES string of the molecule is CN(CC=O)Cc1ccc2c(c1)NC(=O)CS2. The monoisotopic (exact) mass is 250 g/mol. The topological polar surface area (TPSA) is 49.4 Å². The fourth-order valence-corrected chi connectivity index (χ4v) is 2.52. The Bertz CT molecular complexity index is 448. The number of benzene rings is 1. The Balaban J connectivity index is 2.12. The molecule has 0 atom stereocenters. The summed E-state index contributed by atoms with van der Waals surface area (Å²) in [6.45, 7) is 1.12. The molecule has 1 heterocycles. The maximum atomic E-state index is 11.3. The van der Waals surface area contributed by atoms with Gasteiger partial charge in [0.2, 0.25) is 5.91 Å². The van der Waals surface area contributed by atoms with Crippen LogP contribution in [0.25, 0.3) is 0 Å². The van der Waals surface area contributed by atoms with Gasteiger partial charge in [0, 0.05) is 11.4 Å². The number of aldehydes is 1. The number of nitrogens with zero attached hydrogens (tertiary/aromatic N) is 1. The number of hydrogen-bond acceptors (Lipinski definition) is 4. The molecule has 1 N–H and O–H groups in total. The van der Waals surface area contributed by atoms with Crippen molar-refractivity contribution in [2.75, 3.05) is 24.7 Å². The maximum absolute atomic E-state index is 11.3. The number of carbonyl (C=O) groups excluding carboxylic acids is 2. The first-order chi connectivity index (χ1) is 8.19. The van der Waals surface area contributed by atoms with Crippen LogP contribution in [0, 0.1) is 0 Å². The number of fused-ring (bicyclic) bond motifs is 1. The lowest BCUT2D eigenvalue weighted by Gasteiger charge is -2.19. The van der Waals surface area contributed by atoms with Crippen LogP contribution in [0.1, 0.15) is 5.56 Å². The number of anilines is 1. The second kappa shape index (κ2) is 5.33. The van der Waals surface area contributed by atoms with Gasteiger partial charge in [-0.15, -0.1) is 11.8 Å². The summed E-state index contributed by atoms with van der Waals surface area (Å²) in [5.74, 6) is 0.526. The van der Waals surface area contributed by atoms with Crippen LogP contribution in [0.3, 0.4) is 0 Å². The van der Waals surface area contributed by atoms with Crippen molar-refractivity contribution in [1.82, 2.24) is 4.90 Å². The number of amides is 1. The lowest BCUT2D eigenvalue weighted by atomic mass is 10.2. The summed E-state index contributed by atoms with van der Waals surface area (Å²) in [6, 6.07) is 6.02. The first-order valence-electron chi connectivity index (χ1n) is 5.37. The third-order valence-electron chi connectivity index (χ3n) is 2.52. The van der Waals surface area contributed by atoms with Crippen LogP contribution >= 0.6 is 11.8 Å². The van der Waals surface area contributed by atoms with Crippen molar-refractivity contribution in [3.05, 3.63) is 23.8 Å². The van der Waals surface area contributed by atoms with Gasteiger partial charge in [-0.1, -0.05) is 6.07 Å². The highest BCUT2D eigenvalue weighted by atomic mass is 32.2. The highest BCUT2D eigenvalue weighted by Crippen LogP contribution is 2.32. The van der Waals surface area contributed by atoms with Crippen molar-refractivity contribution in [3.8, 4) is 0 Å². The van der Waals surface area contributed by atoms with Crippen molar-refractivity contribution in [2.24, 2.45) is 0 Å². The first kappa shape index (κ1) is 12.1. The summed E-state index contributed by atoms with van der Waals surface area (Å²) >= 11 is 1.55. The van der Waals surface area contributed by atoms with E-state index in [4.69, 9.17) is 0 Å². The van der Waals surface area contributed by atoms with Gasteiger partial charge in [-0.25, -0.2) is 0 Å². The van der Waals surface area contributed by atoms with E-state index in [1.165, 1.54) is 0 Å². The van der Waals surface area contributed by atoms with E-state index in [9.17, 15) is 9.59 Å². The normalized spacial score (nSPS) is 14.4. The smallest absolute Gasteiger partial charge is 0.234 e. The van der Waals surface area contributed by atoms with Crippen molar-refractivity contribution in [3.63, 3.8) is 0 Å². The van der Waals surface area contributed by atoms with E-state index in [1.807, 2.05) is 30.1 Å². The zero-order valence-corrected chi connectivity index (χ0v) is 10.4. The fourth-order valence-electron chi connectivity index (χ4n) is 1.73. The van der Waals surface area contributed by atoms with Gasteiger partial charge in [-0.05, 0) is 24.7 Å². The van der Waals surface area contributed by atoms with Gasteiger partial charge in [0.15, 0.2) is 0 Å². The molecule has 0 bridgehead atoms. The Kier molecular flexibility index (Phi) is 3.81. The van der Waals surface area contributed by atoms with Crippen LogP contribution in [0.2, 0.25) is 0 Å². The quantitative estimate of drug-likeness (QED) is 0.820. The molecule has 17 heavy (non-hydrogen) atoms. The Morgan fingerprint density at radius 3 is 3.12 bits per heavy atom. The minimum Gasteiger partial charge on any atom is -0.324 e. The molecule has 0 aliphatic carbocycles. The van der Waals surface area contributed by atoms with Crippen LogP contribution in [0.4, 0.5) is 5.69 Å². The molecule has 1 amide bonds. The van der Waals surface area contributed by atoms with Gasteiger partial charge in [0.25, 0.3) is 0 Å². The summed E-state index contributed by atoms with van der Waals surface area (Å²) in [5, 5.41) is 2.86. The Morgan fingerprint density at radius 1 is 1.53 bits per heavy atom. The molecular weight excluding hydrogens is 236 g/mol. The van der Waals surface area contributed by atoms with E-state index in [1.54, 1.807) is 11.8 Å². The zero-order chi connectivity index (χ0) is 12.3. The van der Waals surface area contributed by atoms with Gasteiger partial charge >= 0.3 is 0 Å². The predicted octanol–water partition coefficient (Wildman–Crippen LogP) is 1.36. The Morgan fingerprint density at radius 2 is 2.35 bits per heavy atom. The van der Waals surface area contributed by atoms with Crippen molar-refractivity contribution in [1.29, 1.82) is 0 Å². The van der Waals surface area contributed by atoms with Crippen LogP contribution in [-0.2, 0) is 16.1 Å². The largest absolute Gasteiger partial charge is 0.324 e. The highest BCUT2D eigenvalue weighted by Gasteiger charge is 2.15. The first-order valence-corrected chi connectivity index (χ1v) is 6.35. The van der Waals surface area contributed by atoms with E-state index in [0.29, 0.717) is 18.8 Å². The fraction of sp³-hybridized carbons (Fsp3) is 0.333. The third-order valence-corrected chi connectivity index (χ3v) is 3.59. The third kappa shape index (κ3) is 3.08.